The minimum Gasteiger partial charge on any atom is -0.311 e. The first-order chi connectivity index (χ1) is 6.67. The SMILES string of the molecule is CCN(C#N)CCC1CC(C(C)C)C1. The predicted octanol–water partition coefficient (Wildman–Crippen LogP) is 2.86. The summed E-state index contributed by atoms with van der Waals surface area (Å²) >= 11 is 0. The molecule has 80 valence electrons. The first-order valence-electron chi connectivity index (χ1n) is 5.82. The Kier molecular flexibility index (Phi) is 4.25. The van der Waals surface area contributed by atoms with Gasteiger partial charge in [0.1, 0.15) is 0 Å². The molecule has 2 nitrogen and oxygen atoms in total. The van der Waals surface area contributed by atoms with Gasteiger partial charge in [-0.05, 0) is 43.9 Å². The number of nitriles is 1. The maximum Gasteiger partial charge on any atom is 0.179 e. The van der Waals surface area contributed by atoms with E-state index < -0.39 is 0 Å². The van der Waals surface area contributed by atoms with Crippen LogP contribution in [-0.2, 0) is 0 Å². The largest absolute Gasteiger partial charge is 0.311 e. The van der Waals surface area contributed by atoms with Gasteiger partial charge in [0.15, 0.2) is 6.19 Å². The van der Waals surface area contributed by atoms with E-state index >= 15 is 0 Å². The van der Waals surface area contributed by atoms with Gasteiger partial charge in [-0.15, -0.1) is 0 Å². The highest BCUT2D eigenvalue weighted by molar-refractivity contribution is 4.83. The highest BCUT2D eigenvalue weighted by Gasteiger charge is 2.30. The van der Waals surface area contributed by atoms with Crippen molar-refractivity contribution in [3.63, 3.8) is 0 Å². The van der Waals surface area contributed by atoms with E-state index in [1.165, 1.54) is 19.3 Å². The van der Waals surface area contributed by atoms with Crippen molar-refractivity contribution in [2.75, 3.05) is 13.1 Å². The zero-order chi connectivity index (χ0) is 10.6. The predicted molar refractivity (Wildman–Crippen MR) is 58.5 cm³/mol. The standard InChI is InChI=1S/C12H22N2/c1-4-14(9-13)6-5-11-7-12(8-11)10(2)3/h10-12H,4-8H2,1-3H3. The van der Waals surface area contributed by atoms with Crippen molar-refractivity contribution < 1.29 is 0 Å². The molecule has 14 heavy (non-hydrogen) atoms. The van der Waals surface area contributed by atoms with Crippen LogP contribution in [0.25, 0.3) is 0 Å². The third-order valence-corrected chi connectivity index (χ3v) is 3.55. The van der Waals surface area contributed by atoms with Crippen LogP contribution in [0.4, 0.5) is 0 Å². The van der Waals surface area contributed by atoms with Crippen molar-refractivity contribution in [1.82, 2.24) is 4.90 Å². The summed E-state index contributed by atoms with van der Waals surface area (Å²) in [4.78, 5) is 1.85. The Labute approximate surface area is 87.9 Å². The van der Waals surface area contributed by atoms with Gasteiger partial charge < -0.3 is 4.90 Å². The Hall–Kier alpha value is -0.710. The van der Waals surface area contributed by atoms with Gasteiger partial charge in [0.25, 0.3) is 0 Å². The zero-order valence-electron chi connectivity index (χ0n) is 9.66. The summed E-state index contributed by atoms with van der Waals surface area (Å²) in [6, 6.07) is 0. The van der Waals surface area contributed by atoms with E-state index in [1.807, 2.05) is 11.8 Å². The van der Waals surface area contributed by atoms with Crippen LogP contribution in [0.15, 0.2) is 0 Å². The Morgan fingerprint density at radius 1 is 1.43 bits per heavy atom. The van der Waals surface area contributed by atoms with E-state index in [0.29, 0.717) is 0 Å². The molecule has 0 spiro atoms. The van der Waals surface area contributed by atoms with Gasteiger partial charge in [-0.3, -0.25) is 0 Å². The summed E-state index contributed by atoms with van der Waals surface area (Å²) in [7, 11) is 0. The number of hydrogen-bond acceptors (Lipinski definition) is 2. The lowest BCUT2D eigenvalue weighted by molar-refractivity contribution is 0.126. The van der Waals surface area contributed by atoms with E-state index in [-0.39, 0.29) is 0 Å². The molecule has 0 N–H and O–H groups in total. The second kappa shape index (κ2) is 5.24. The van der Waals surface area contributed by atoms with E-state index in [0.717, 1.165) is 30.8 Å². The molecule has 0 amide bonds. The monoisotopic (exact) mass is 194 g/mol. The molecule has 2 heteroatoms. The average Bonchev–Trinajstić information content (AvgIpc) is 2.08. The fourth-order valence-electron chi connectivity index (χ4n) is 2.18. The Morgan fingerprint density at radius 2 is 2.07 bits per heavy atom. The second-order valence-corrected chi connectivity index (χ2v) is 4.81. The lowest BCUT2D eigenvalue weighted by atomic mass is 9.68. The van der Waals surface area contributed by atoms with Crippen LogP contribution in [0, 0.1) is 29.2 Å². The molecule has 0 bridgehead atoms. The van der Waals surface area contributed by atoms with Crippen molar-refractivity contribution in [3.8, 4) is 6.19 Å². The highest BCUT2D eigenvalue weighted by atomic mass is 15.1. The van der Waals surface area contributed by atoms with E-state index in [1.54, 1.807) is 0 Å². The summed E-state index contributed by atoms with van der Waals surface area (Å²) in [5.41, 5.74) is 0. The summed E-state index contributed by atoms with van der Waals surface area (Å²) < 4.78 is 0. The third kappa shape index (κ3) is 2.90. The molecule has 0 aliphatic heterocycles. The summed E-state index contributed by atoms with van der Waals surface area (Å²) in [5.74, 6) is 2.70. The van der Waals surface area contributed by atoms with E-state index in [9.17, 15) is 0 Å². The number of nitrogens with zero attached hydrogens (tertiary/aromatic N) is 2. The van der Waals surface area contributed by atoms with Crippen molar-refractivity contribution in [1.29, 1.82) is 5.26 Å². The smallest absolute Gasteiger partial charge is 0.179 e. The molecule has 1 fully saturated rings. The second-order valence-electron chi connectivity index (χ2n) is 4.81. The molecular weight excluding hydrogens is 172 g/mol. The number of rotatable bonds is 5. The van der Waals surface area contributed by atoms with Crippen LogP contribution in [0.3, 0.4) is 0 Å². The minimum atomic E-state index is 0.851. The summed E-state index contributed by atoms with van der Waals surface area (Å²) in [6.07, 6.45) is 6.21. The van der Waals surface area contributed by atoms with Crippen LogP contribution in [-0.4, -0.2) is 18.0 Å². The average molecular weight is 194 g/mol. The van der Waals surface area contributed by atoms with E-state index in [4.69, 9.17) is 5.26 Å². The molecule has 0 saturated heterocycles. The maximum atomic E-state index is 8.75. The molecule has 1 aliphatic carbocycles. The number of hydrogen-bond donors (Lipinski definition) is 0. The van der Waals surface area contributed by atoms with Gasteiger partial charge in [0, 0.05) is 13.1 Å². The maximum absolute atomic E-state index is 8.75. The first-order valence-corrected chi connectivity index (χ1v) is 5.82. The van der Waals surface area contributed by atoms with E-state index in [2.05, 4.69) is 20.0 Å². The molecule has 1 rings (SSSR count). The van der Waals surface area contributed by atoms with Gasteiger partial charge in [-0.25, -0.2) is 0 Å². The van der Waals surface area contributed by atoms with Gasteiger partial charge in [-0.2, -0.15) is 5.26 Å². The van der Waals surface area contributed by atoms with Gasteiger partial charge >= 0.3 is 0 Å². The fourth-order valence-corrected chi connectivity index (χ4v) is 2.18. The molecule has 0 unspecified atom stereocenters. The topological polar surface area (TPSA) is 27.0 Å². The van der Waals surface area contributed by atoms with Crippen LogP contribution in [0.5, 0.6) is 0 Å². The van der Waals surface area contributed by atoms with Crippen molar-refractivity contribution in [3.05, 3.63) is 0 Å². The molecule has 0 atom stereocenters. The quantitative estimate of drug-likeness (QED) is 0.497. The van der Waals surface area contributed by atoms with Crippen LogP contribution in [0.1, 0.15) is 40.0 Å². The zero-order valence-corrected chi connectivity index (χ0v) is 9.66. The molecule has 0 aromatic carbocycles. The molecular formula is C12H22N2. The van der Waals surface area contributed by atoms with Crippen molar-refractivity contribution >= 4 is 0 Å². The highest BCUT2D eigenvalue weighted by Crippen LogP contribution is 2.40. The van der Waals surface area contributed by atoms with Crippen LogP contribution >= 0.6 is 0 Å². The Balaban J connectivity index is 2.09. The molecule has 0 aromatic rings. The Bertz CT molecular complexity index is 199. The molecule has 0 aromatic heterocycles. The lowest BCUT2D eigenvalue weighted by Crippen LogP contribution is -2.30. The summed E-state index contributed by atoms with van der Waals surface area (Å²) in [5, 5.41) is 8.75. The lowest BCUT2D eigenvalue weighted by Gasteiger charge is -2.38. The van der Waals surface area contributed by atoms with Gasteiger partial charge in [0.2, 0.25) is 0 Å². The minimum absolute atomic E-state index is 0.851. The van der Waals surface area contributed by atoms with Crippen molar-refractivity contribution in [2.24, 2.45) is 17.8 Å². The molecule has 1 aliphatic rings. The van der Waals surface area contributed by atoms with Crippen LogP contribution < -0.4 is 0 Å². The van der Waals surface area contributed by atoms with Crippen LogP contribution in [0.2, 0.25) is 0 Å². The molecule has 1 saturated carbocycles. The first kappa shape index (κ1) is 11.4. The summed E-state index contributed by atoms with van der Waals surface area (Å²) in [6.45, 7) is 8.49. The normalized spacial score (nSPS) is 25.6. The van der Waals surface area contributed by atoms with Crippen molar-refractivity contribution in [2.45, 2.75) is 40.0 Å². The fraction of sp³-hybridized carbons (Fsp3) is 0.917. The van der Waals surface area contributed by atoms with Gasteiger partial charge in [-0.1, -0.05) is 13.8 Å². The Morgan fingerprint density at radius 3 is 2.50 bits per heavy atom. The molecule has 0 heterocycles. The molecule has 0 radical (unpaired) electrons. The third-order valence-electron chi connectivity index (χ3n) is 3.55. The van der Waals surface area contributed by atoms with Gasteiger partial charge in [0.05, 0.1) is 0 Å².